The van der Waals surface area contributed by atoms with Crippen LogP contribution in [0.5, 0.6) is 5.75 Å². The Morgan fingerprint density at radius 2 is 1.93 bits per heavy atom. The Labute approximate surface area is 169 Å². The molecule has 152 valence electrons. The molecule has 2 N–H and O–H groups in total. The van der Waals surface area contributed by atoms with Crippen molar-refractivity contribution in [2.24, 2.45) is 4.99 Å². The van der Waals surface area contributed by atoms with Gasteiger partial charge < -0.3 is 20.1 Å². The van der Waals surface area contributed by atoms with Gasteiger partial charge in [-0.05, 0) is 17.7 Å². The van der Waals surface area contributed by atoms with Crippen molar-refractivity contribution >= 4 is 22.4 Å². The molecule has 0 amide bonds. The number of rotatable bonds is 11. The summed E-state index contributed by atoms with van der Waals surface area (Å²) >= 11 is 0. The van der Waals surface area contributed by atoms with Crippen LogP contribution < -0.4 is 15.4 Å². The number of hydrogen-bond donors (Lipinski definition) is 2. The molecule has 2 aromatic rings. The molecule has 0 aliphatic rings. The van der Waals surface area contributed by atoms with Crippen LogP contribution in [0.3, 0.4) is 0 Å². The molecule has 0 heterocycles. The zero-order valence-electron chi connectivity index (χ0n) is 16.5. The van der Waals surface area contributed by atoms with Gasteiger partial charge in [-0.1, -0.05) is 36.4 Å². The summed E-state index contributed by atoms with van der Waals surface area (Å²) in [4.78, 5) is 4.22. The summed E-state index contributed by atoms with van der Waals surface area (Å²) < 4.78 is 23.0. The first-order chi connectivity index (χ1) is 13.7. The van der Waals surface area contributed by atoms with Crippen molar-refractivity contribution in [2.75, 3.05) is 45.0 Å². The normalized spacial score (nSPS) is 12.4. The van der Waals surface area contributed by atoms with Gasteiger partial charge in [0.1, 0.15) is 5.75 Å². The van der Waals surface area contributed by atoms with E-state index in [1.165, 1.54) is 0 Å². The Morgan fingerprint density at radius 1 is 1.11 bits per heavy atom. The number of nitrogens with one attached hydrogen (secondary N) is 2. The number of methoxy groups -OCH3 is 1. The van der Waals surface area contributed by atoms with E-state index < -0.39 is 10.8 Å². The fraction of sp³-hybridized carbons (Fsp3) is 0.381. The summed E-state index contributed by atoms with van der Waals surface area (Å²) in [6.45, 7) is 1.87. The molecule has 2 aromatic carbocycles. The lowest BCUT2D eigenvalue weighted by Gasteiger charge is -2.13. The number of guanidine groups is 1. The summed E-state index contributed by atoms with van der Waals surface area (Å²) in [7, 11) is 2.47. The number of aliphatic imine (C=N–C) groups is 1. The van der Waals surface area contributed by atoms with E-state index in [2.05, 4.69) is 15.6 Å². The van der Waals surface area contributed by atoms with Gasteiger partial charge in [0.15, 0.2) is 5.96 Å². The fourth-order valence-corrected chi connectivity index (χ4v) is 3.53. The minimum Gasteiger partial charge on any atom is -0.493 e. The highest BCUT2D eigenvalue weighted by Crippen LogP contribution is 2.17. The third-order valence-corrected chi connectivity index (χ3v) is 5.19. The van der Waals surface area contributed by atoms with Gasteiger partial charge in [-0.15, -0.1) is 0 Å². The Hall–Kier alpha value is -2.38. The third kappa shape index (κ3) is 8.54. The molecule has 0 spiro atoms. The molecule has 28 heavy (non-hydrogen) atoms. The van der Waals surface area contributed by atoms with Crippen molar-refractivity contribution in [1.82, 2.24) is 5.32 Å². The standard InChI is InChI=1S/C21H29N3O3S/c1-22-21(23-12-15-28(25)17-18-8-4-3-5-9-18)24-19-10-6-11-20(16-19)27-14-7-13-26-2/h3-6,8-11,16H,7,12-15,17H2,1-2H3,(H2,22,23,24). The number of benzene rings is 2. The van der Waals surface area contributed by atoms with Crippen molar-refractivity contribution in [2.45, 2.75) is 12.2 Å². The predicted octanol–water partition coefficient (Wildman–Crippen LogP) is 3.04. The Balaban J connectivity index is 1.75. The molecular formula is C21H29N3O3S. The van der Waals surface area contributed by atoms with Gasteiger partial charge in [0.05, 0.1) is 6.61 Å². The Morgan fingerprint density at radius 3 is 2.68 bits per heavy atom. The van der Waals surface area contributed by atoms with Crippen LogP contribution in [0.2, 0.25) is 0 Å². The monoisotopic (exact) mass is 403 g/mol. The van der Waals surface area contributed by atoms with E-state index in [-0.39, 0.29) is 0 Å². The summed E-state index contributed by atoms with van der Waals surface area (Å²) in [5, 5.41) is 6.43. The van der Waals surface area contributed by atoms with Gasteiger partial charge >= 0.3 is 0 Å². The molecule has 0 aromatic heterocycles. The highest BCUT2D eigenvalue weighted by molar-refractivity contribution is 7.84. The SMILES string of the molecule is CN=C(NCCS(=O)Cc1ccccc1)Nc1cccc(OCCCOC)c1. The van der Waals surface area contributed by atoms with E-state index in [1.54, 1.807) is 14.2 Å². The van der Waals surface area contributed by atoms with E-state index in [0.29, 0.717) is 37.2 Å². The summed E-state index contributed by atoms with van der Waals surface area (Å²) in [5.74, 6) is 2.55. The summed E-state index contributed by atoms with van der Waals surface area (Å²) in [6, 6.07) is 17.6. The maximum absolute atomic E-state index is 12.2. The van der Waals surface area contributed by atoms with Gasteiger partial charge in [-0.3, -0.25) is 9.20 Å². The maximum Gasteiger partial charge on any atom is 0.195 e. The van der Waals surface area contributed by atoms with Crippen LogP contribution in [0, 0.1) is 0 Å². The van der Waals surface area contributed by atoms with Gasteiger partial charge in [0, 0.05) is 67.8 Å². The molecular weight excluding hydrogens is 374 g/mol. The van der Waals surface area contributed by atoms with Crippen molar-refractivity contribution < 1.29 is 13.7 Å². The lowest BCUT2D eigenvalue weighted by molar-refractivity contribution is 0.172. The largest absolute Gasteiger partial charge is 0.493 e. The van der Waals surface area contributed by atoms with Gasteiger partial charge in [-0.25, -0.2) is 0 Å². The van der Waals surface area contributed by atoms with Crippen LogP contribution in [-0.4, -0.2) is 49.8 Å². The second-order valence-electron chi connectivity index (χ2n) is 6.12. The van der Waals surface area contributed by atoms with Gasteiger partial charge in [-0.2, -0.15) is 0 Å². The fourth-order valence-electron chi connectivity index (χ4n) is 2.49. The molecule has 0 saturated carbocycles. The Bertz CT molecular complexity index is 754. The van der Waals surface area contributed by atoms with Crippen molar-refractivity contribution in [3.8, 4) is 5.75 Å². The van der Waals surface area contributed by atoms with Crippen molar-refractivity contribution in [3.63, 3.8) is 0 Å². The smallest absolute Gasteiger partial charge is 0.195 e. The summed E-state index contributed by atoms with van der Waals surface area (Å²) in [5.41, 5.74) is 1.97. The number of hydrogen-bond acceptors (Lipinski definition) is 4. The minimum atomic E-state index is -0.921. The molecule has 0 bridgehead atoms. The molecule has 7 heteroatoms. The zero-order valence-corrected chi connectivity index (χ0v) is 17.3. The quantitative estimate of drug-likeness (QED) is 0.343. The number of ether oxygens (including phenoxy) is 2. The van der Waals surface area contributed by atoms with Gasteiger partial charge in [0.25, 0.3) is 0 Å². The van der Waals surface area contributed by atoms with E-state index in [9.17, 15) is 4.21 Å². The average Bonchev–Trinajstić information content (AvgIpc) is 2.71. The molecule has 0 fully saturated rings. The molecule has 0 saturated heterocycles. The van der Waals surface area contributed by atoms with E-state index in [1.807, 2.05) is 54.6 Å². The van der Waals surface area contributed by atoms with Crippen LogP contribution in [0.15, 0.2) is 59.6 Å². The van der Waals surface area contributed by atoms with Crippen LogP contribution in [0.4, 0.5) is 5.69 Å². The van der Waals surface area contributed by atoms with Crippen molar-refractivity contribution in [1.29, 1.82) is 0 Å². The average molecular weight is 404 g/mol. The first-order valence-electron chi connectivity index (χ1n) is 9.29. The molecule has 0 aliphatic carbocycles. The van der Waals surface area contributed by atoms with Gasteiger partial charge in [0.2, 0.25) is 0 Å². The maximum atomic E-state index is 12.2. The van der Waals surface area contributed by atoms with Crippen LogP contribution >= 0.6 is 0 Å². The highest BCUT2D eigenvalue weighted by atomic mass is 32.2. The summed E-state index contributed by atoms with van der Waals surface area (Å²) in [6.07, 6.45) is 0.845. The van der Waals surface area contributed by atoms with E-state index in [4.69, 9.17) is 9.47 Å². The van der Waals surface area contributed by atoms with Crippen molar-refractivity contribution in [3.05, 3.63) is 60.2 Å². The number of nitrogens with zero attached hydrogens (tertiary/aromatic N) is 1. The van der Waals surface area contributed by atoms with E-state index >= 15 is 0 Å². The first kappa shape index (κ1) is 21.9. The molecule has 1 unspecified atom stereocenters. The van der Waals surface area contributed by atoms with E-state index in [0.717, 1.165) is 23.4 Å². The minimum absolute atomic E-state index is 0.554. The molecule has 1 atom stereocenters. The zero-order chi connectivity index (χ0) is 20.0. The predicted molar refractivity (Wildman–Crippen MR) is 117 cm³/mol. The topological polar surface area (TPSA) is 72.0 Å². The van der Waals surface area contributed by atoms with Crippen LogP contribution in [0.25, 0.3) is 0 Å². The molecule has 2 rings (SSSR count). The second-order valence-corrected chi connectivity index (χ2v) is 7.70. The number of anilines is 1. The lowest BCUT2D eigenvalue weighted by atomic mass is 10.2. The van der Waals surface area contributed by atoms with Crippen LogP contribution in [0.1, 0.15) is 12.0 Å². The highest BCUT2D eigenvalue weighted by Gasteiger charge is 2.04. The lowest BCUT2D eigenvalue weighted by Crippen LogP contribution is -2.33. The van der Waals surface area contributed by atoms with Crippen LogP contribution in [-0.2, 0) is 21.3 Å². The molecule has 0 aliphatic heterocycles. The molecule has 0 radical (unpaired) electrons. The molecule has 6 nitrogen and oxygen atoms in total. The third-order valence-electron chi connectivity index (χ3n) is 3.87. The first-order valence-corrected chi connectivity index (χ1v) is 10.8. The Kier molecular flexibility index (Phi) is 10.1. The second kappa shape index (κ2) is 12.9.